The van der Waals surface area contributed by atoms with Crippen molar-refractivity contribution in [2.75, 3.05) is 5.33 Å². The second kappa shape index (κ2) is 4.48. The number of alkyl halides is 4. The highest BCUT2D eigenvalue weighted by atomic mass is 79.9. The van der Waals surface area contributed by atoms with E-state index in [0.717, 1.165) is 0 Å². The number of hydrogen-bond acceptors (Lipinski definition) is 1. The SMILES string of the molecule is O=C(CBr)c1cc(C(F)(F)F)c(F)cc1F. The summed E-state index contributed by atoms with van der Waals surface area (Å²) < 4.78 is 62.5. The van der Waals surface area contributed by atoms with Crippen LogP contribution in [-0.4, -0.2) is 11.1 Å². The molecule has 1 nitrogen and oxygen atoms in total. The van der Waals surface area contributed by atoms with Crippen molar-refractivity contribution in [2.45, 2.75) is 6.18 Å². The first-order chi connectivity index (χ1) is 7.27. The van der Waals surface area contributed by atoms with Crippen LogP contribution >= 0.6 is 15.9 Å². The van der Waals surface area contributed by atoms with Gasteiger partial charge in [-0.3, -0.25) is 4.79 Å². The summed E-state index contributed by atoms with van der Waals surface area (Å²) in [6.07, 6.45) is -4.96. The predicted octanol–water partition coefficient (Wildman–Crippen LogP) is 3.56. The minimum absolute atomic E-state index is 0.0543. The zero-order valence-electron chi connectivity index (χ0n) is 7.54. The fraction of sp³-hybridized carbons (Fsp3) is 0.222. The van der Waals surface area contributed by atoms with Crippen LogP contribution in [0.5, 0.6) is 0 Å². The molecule has 7 heteroatoms. The summed E-state index contributed by atoms with van der Waals surface area (Å²) >= 11 is 2.69. The number of carbonyl (C=O) groups excluding carboxylic acids is 1. The molecule has 0 aliphatic carbocycles. The lowest BCUT2D eigenvalue weighted by molar-refractivity contribution is -0.140. The Labute approximate surface area is 95.4 Å². The van der Waals surface area contributed by atoms with Crippen LogP contribution in [0.25, 0.3) is 0 Å². The van der Waals surface area contributed by atoms with Crippen molar-refractivity contribution < 1.29 is 26.7 Å². The van der Waals surface area contributed by atoms with Gasteiger partial charge in [0.2, 0.25) is 0 Å². The summed E-state index contributed by atoms with van der Waals surface area (Å²) in [5.74, 6) is -3.94. The minimum Gasteiger partial charge on any atom is -0.293 e. The lowest BCUT2D eigenvalue weighted by Gasteiger charge is -2.09. The van der Waals surface area contributed by atoms with Crippen LogP contribution in [-0.2, 0) is 6.18 Å². The van der Waals surface area contributed by atoms with Gasteiger partial charge in [0.15, 0.2) is 5.78 Å². The topological polar surface area (TPSA) is 17.1 Å². The molecule has 88 valence electrons. The molecule has 1 rings (SSSR count). The second-order valence-corrected chi connectivity index (χ2v) is 3.43. The fourth-order valence-electron chi connectivity index (χ4n) is 1.05. The average molecular weight is 303 g/mol. The number of Topliss-reactive ketones (excluding diaryl/α,β-unsaturated/α-hetero) is 1. The van der Waals surface area contributed by atoms with Crippen molar-refractivity contribution in [1.82, 2.24) is 0 Å². The molecule has 1 aromatic carbocycles. The van der Waals surface area contributed by atoms with E-state index in [0.29, 0.717) is 0 Å². The lowest BCUT2D eigenvalue weighted by atomic mass is 10.1. The summed E-state index contributed by atoms with van der Waals surface area (Å²) in [6, 6.07) is 0.229. The third-order valence-corrected chi connectivity index (χ3v) is 2.29. The molecule has 0 bridgehead atoms. The van der Waals surface area contributed by atoms with Crippen LogP contribution in [0.4, 0.5) is 22.0 Å². The van der Waals surface area contributed by atoms with Gasteiger partial charge in [-0.05, 0) is 6.07 Å². The zero-order chi connectivity index (χ0) is 12.5. The summed E-state index contributed by atoms with van der Waals surface area (Å²) in [5.41, 5.74) is -2.44. The molecule has 0 N–H and O–H groups in total. The molecule has 16 heavy (non-hydrogen) atoms. The largest absolute Gasteiger partial charge is 0.419 e. The Morgan fingerprint density at radius 1 is 1.19 bits per heavy atom. The maximum atomic E-state index is 13.0. The van der Waals surface area contributed by atoms with E-state index >= 15 is 0 Å². The van der Waals surface area contributed by atoms with E-state index < -0.39 is 34.7 Å². The Morgan fingerprint density at radius 3 is 2.19 bits per heavy atom. The molecule has 0 aliphatic heterocycles. The first-order valence-corrected chi connectivity index (χ1v) is 5.05. The Kier molecular flexibility index (Phi) is 3.67. The second-order valence-electron chi connectivity index (χ2n) is 2.87. The van der Waals surface area contributed by atoms with Crippen molar-refractivity contribution in [3.63, 3.8) is 0 Å². The Morgan fingerprint density at radius 2 is 1.75 bits per heavy atom. The number of benzene rings is 1. The van der Waals surface area contributed by atoms with E-state index in [1.54, 1.807) is 0 Å². The summed E-state index contributed by atoms with van der Waals surface area (Å²) in [4.78, 5) is 11.0. The lowest BCUT2D eigenvalue weighted by Crippen LogP contribution is -2.12. The molecule has 0 radical (unpaired) electrons. The van der Waals surface area contributed by atoms with Crippen molar-refractivity contribution in [1.29, 1.82) is 0 Å². The third kappa shape index (κ3) is 2.58. The van der Waals surface area contributed by atoms with Crippen LogP contribution in [0.3, 0.4) is 0 Å². The number of halogens is 6. The maximum absolute atomic E-state index is 13.0. The number of hydrogen-bond donors (Lipinski definition) is 0. The van der Waals surface area contributed by atoms with Crippen LogP contribution in [0.15, 0.2) is 12.1 Å². The summed E-state index contributed by atoms with van der Waals surface area (Å²) in [5, 5.41) is -0.340. The third-order valence-electron chi connectivity index (χ3n) is 1.78. The van der Waals surface area contributed by atoms with Crippen molar-refractivity contribution in [3.05, 3.63) is 34.9 Å². The maximum Gasteiger partial charge on any atom is 0.419 e. The summed E-state index contributed by atoms with van der Waals surface area (Å²) in [6.45, 7) is 0. The van der Waals surface area contributed by atoms with Crippen molar-refractivity contribution in [2.24, 2.45) is 0 Å². The van der Waals surface area contributed by atoms with Crippen LogP contribution in [0, 0.1) is 11.6 Å². The first-order valence-electron chi connectivity index (χ1n) is 3.92. The van der Waals surface area contributed by atoms with E-state index in [4.69, 9.17) is 0 Å². The van der Waals surface area contributed by atoms with Gasteiger partial charge in [-0.1, -0.05) is 15.9 Å². The highest BCUT2D eigenvalue weighted by Gasteiger charge is 2.35. The molecule has 0 amide bonds. The first kappa shape index (κ1) is 13.1. The highest BCUT2D eigenvalue weighted by Crippen LogP contribution is 2.32. The molecule has 0 heterocycles. The molecule has 0 saturated heterocycles. The minimum atomic E-state index is -4.96. The average Bonchev–Trinajstić information content (AvgIpc) is 2.14. The van der Waals surface area contributed by atoms with Gasteiger partial charge in [0.05, 0.1) is 16.5 Å². The van der Waals surface area contributed by atoms with Gasteiger partial charge in [-0.2, -0.15) is 13.2 Å². The molecule has 0 fully saturated rings. The van der Waals surface area contributed by atoms with Crippen molar-refractivity contribution >= 4 is 21.7 Å². The number of ketones is 1. The van der Waals surface area contributed by atoms with Gasteiger partial charge in [-0.25, -0.2) is 8.78 Å². The summed E-state index contributed by atoms with van der Waals surface area (Å²) in [7, 11) is 0. The van der Waals surface area contributed by atoms with E-state index in [1.165, 1.54) is 0 Å². The number of rotatable bonds is 2. The molecule has 0 spiro atoms. The standard InChI is InChI=1S/C9H4BrF5O/c10-3-8(16)4-1-5(9(13,14)15)7(12)2-6(4)11/h1-2H,3H2. The van der Waals surface area contributed by atoms with E-state index in [1.807, 2.05) is 0 Å². The Bertz CT molecular complexity index is 427. The van der Waals surface area contributed by atoms with E-state index in [9.17, 15) is 26.7 Å². The molecule has 0 unspecified atom stereocenters. The Balaban J connectivity index is 3.39. The van der Waals surface area contributed by atoms with E-state index in [-0.39, 0.29) is 17.5 Å². The highest BCUT2D eigenvalue weighted by molar-refractivity contribution is 9.09. The van der Waals surface area contributed by atoms with Crippen LogP contribution in [0.1, 0.15) is 15.9 Å². The molecule has 0 atom stereocenters. The van der Waals surface area contributed by atoms with Gasteiger partial charge in [0, 0.05) is 6.07 Å². The molecule has 1 aromatic rings. The van der Waals surface area contributed by atoms with Gasteiger partial charge in [-0.15, -0.1) is 0 Å². The fourth-order valence-corrected chi connectivity index (χ4v) is 1.35. The molecular formula is C9H4BrF5O. The Hall–Kier alpha value is -0.980. The quantitative estimate of drug-likeness (QED) is 0.464. The van der Waals surface area contributed by atoms with Gasteiger partial charge in [0.1, 0.15) is 11.6 Å². The normalized spacial score (nSPS) is 11.6. The van der Waals surface area contributed by atoms with Crippen molar-refractivity contribution in [3.8, 4) is 0 Å². The van der Waals surface area contributed by atoms with Gasteiger partial charge in [0.25, 0.3) is 0 Å². The molecule has 0 aromatic heterocycles. The van der Waals surface area contributed by atoms with Crippen LogP contribution in [0.2, 0.25) is 0 Å². The van der Waals surface area contributed by atoms with Gasteiger partial charge >= 0.3 is 6.18 Å². The van der Waals surface area contributed by atoms with Gasteiger partial charge < -0.3 is 0 Å². The smallest absolute Gasteiger partial charge is 0.293 e. The molecule has 0 aliphatic rings. The zero-order valence-corrected chi connectivity index (χ0v) is 9.12. The molecule has 0 saturated carbocycles. The van der Waals surface area contributed by atoms with Crippen LogP contribution < -0.4 is 0 Å². The predicted molar refractivity (Wildman–Crippen MR) is 49.5 cm³/mol. The number of carbonyl (C=O) groups is 1. The molecular weight excluding hydrogens is 299 g/mol. The monoisotopic (exact) mass is 302 g/mol. The van der Waals surface area contributed by atoms with E-state index in [2.05, 4.69) is 15.9 Å².